The normalized spacial score (nSPS) is 22.0. The van der Waals surface area contributed by atoms with Gasteiger partial charge in [0.25, 0.3) is 0 Å². The van der Waals surface area contributed by atoms with Gasteiger partial charge in [0, 0.05) is 38.8 Å². The van der Waals surface area contributed by atoms with Crippen molar-refractivity contribution in [2.24, 2.45) is 11.8 Å². The van der Waals surface area contributed by atoms with E-state index in [-0.39, 0.29) is 11.8 Å². The van der Waals surface area contributed by atoms with Crippen molar-refractivity contribution in [3.63, 3.8) is 0 Å². The van der Waals surface area contributed by atoms with Crippen molar-refractivity contribution >= 4 is 11.8 Å². The van der Waals surface area contributed by atoms with Crippen LogP contribution in [0.2, 0.25) is 0 Å². The number of aromatic nitrogens is 2. The number of hydrogen-bond acceptors (Lipinski definition) is 4. The molecule has 3 atom stereocenters. The molecule has 170 valence electrons. The molecule has 1 saturated carbocycles. The molecule has 0 unspecified atom stereocenters. The Morgan fingerprint density at radius 1 is 0.970 bits per heavy atom. The fourth-order valence-electron chi connectivity index (χ4n) is 5.44. The number of hydrogen-bond donors (Lipinski definition) is 0. The van der Waals surface area contributed by atoms with E-state index in [4.69, 9.17) is 0 Å². The highest BCUT2D eigenvalue weighted by Gasteiger charge is 2.43. The molecule has 6 nitrogen and oxygen atoms in total. The third kappa shape index (κ3) is 4.48. The second-order valence-electron chi connectivity index (χ2n) is 9.52. The molecule has 2 fully saturated rings. The zero-order valence-corrected chi connectivity index (χ0v) is 19.2. The zero-order chi connectivity index (χ0) is 22.9. The van der Waals surface area contributed by atoms with Crippen molar-refractivity contribution in [2.75, 3.05) is 20.1 Å². The summed E-state index contributed by atoms with van der Waals surface area (Å²) in [4.78, 5) is 28.7. The van der Waals surface area contributed by atoms with Gasteiger partial charge in [-0.2, -0.15) is 9.78 Å². The minimum Gasteiger partial charge on any atom is -0.322 e. The summed E-state index contributed by atoms with van der Waals surface area (Å²) in [5.74, 6) is 0.930. The lowest BCUT2D eigenvalue weighted by atomic mass is 10.0. The maximum absolute atomic E-state index is 12.8. The summed E-state index contributed by atoms with van der Waals surface area (Å²) in [5, 5.41) is 4.13. The van der Waals surface area contributed by atoms with Crippen LogP contribution >= 0.6 is 0 Å². The average molecular weight is 443 g/mol. The molecule has 3 aromatic rings. The Hall–Kier alpha value is -3.25. The maximum atomic E-state index is 12.8. The highest BCUT2D eigenvalue weighted by atomic mass is 16.2. The fourth-order valence-corrected chi connectivity index (χ4v) is 5.44. The number of amides is 1. The predicted molar refractivity (Wildman–Crippen MR) is 128 cm³/mol. The lowest BCUT2D eigenvalue weighted by Gasteiger charge is -2.26. The van der Waals surface area contributed by atoms with E-state index >= 15 is 0 Å². The summed E-state index contributed by atoms with van der Waals surface area (Å²) >= 11 is 0. The van der Waals surface area contributed by atoms with Crippen LogP contribution in [-0.2, 0) is 6.54 Å². The lowest BCUT2D eigenvalue weighted by molar-refractivity contribution is 0.101. The summed E-state index contributed by atoms with van der Waals surface area (Å²) in [6.45, 7) is 3.93. The first-order valence-electron chi connectivity index (χ1n) is 11.7. The van der Waals surface area contributed by atoms with Crippen LogP contribution < -0.4 is 0 Å². The lowest BCUT2D eigenvalue weighted by Crippen LogP contribution is -2.36. The van der Waals surface area contributed by atoms with Crippen molar-refractivity contribution in [2.45, 2.75) is 32.4 Å². The molecule has 0 radical (unpaired) electrons. The Bertz CT molecular complexity index is 1140. The van der Waals surface area contributed by atoms with Crippen molar-refractivity contribution in [1.29, 1.82) is 0 Å². The largest absolute Gasteiger partial charge is 0.344 e. The molecule has 2 heterocycles. The van der Waals surface area contributed by atoms with Crippen LogP contribution in [0.15, 0.2) is 66.9 Å². The van der Waals surface area contributed by atoms with Crippen LogP contribution in [-0.4, -0.2) is 57.6 Å². The molecular formula is C27H30N4O2. The van der Waals surface area contributed by atoms with E-state index in [9.17, 15) is 9.59 Å². The highest BCUT2D eigenvalue weighted by molar-refractivity contribution is 5.92. The second-order valence-corrected chi connectivity index (χ2v) is 9.52. The van der Waals surface area contributed by atoms with Gasteiger partial charge in [0.15, 0.2) is 5.78 Å². The van der Waals surface area contributed by atoms with Crippen molar-refractivity contribution in [3.8, 4) is 11.1 Å². The molecule has 1 amide bonds. The van der Waals surface area contributed by atoms with Gasteiger partial charge < -0.3 is 4.90 Å². The number of likely N-dealkylation sites (tertiary alicyclic amines) is 1. The van der Waals surface area contributed by atoms with Gasteiger partial charge in [-0.25, -0.2) is 4.79 Å². The van der Waals surface area contributed by atoms with Gasteiger partial charge in [-0.15, -0.1) is 0 Å². The van der Waals surface area contributed by atoms with E-state index in [0.29, 0.717) is 23.6 Å². The Morgan fingerprint density at radius 2 is 1.67 bits per heavy atom. The molecule has 33 heavy (non-hydrogen) atoms. The Balaban J connectivity index is 1.18. The Kier molecular flexibility index (Phi) is 5.85. The monoisotopic (exact) mass is 442 g/mol. The van der Waals surface area contributed by atoms with Gasteiger partial charge in [0.1, 0.15) is 5.69 Å². The number of benzene rings is 2. The van der Waals surface area contributed by atoms with E-state index in [1.807, 2.05) is 11.0 Å². The summed E-state index contributed by atoms with van der Waals surface area (Å²) in [6.07, 6.45) is 3.82. The molecule has 5 rings (SSSR count). The van der Waals surface area contributed by atoms with Gasteiger partial charge in [-0.1, -0.05) is 48.5 Å². The number of carbonyl (C=O) groups is 2. The number of nitrogens with zero attached hydrogens (tertiary/aromatic N) is 4. The third-order valence-corrected chi connectivity index (χ3v) is 7.23. The van der Waals surface area contributed by atoms with Gasteiger partial charge in [-0.05, 0) is 60.5 Å². The molecule has 2 aliphatic rings. The molecule has 2 aromatic carbocycles. The molecule has 1 saturated heterocycles. The average Bonchev–Trinajstić information content (AvgIpc) is 3.54. The minimum atomic E-state index is -0.125. The number of ketones is 1. The molecule has 1 aliphatic carbocycles. The fraction of sp³-hybridized carbons (Fsp3) is 0.370. The van der Waals surface area contributed by atoms with E-state index in [1.165, 1.54) is 28.3 Å². The topological polar surface area (TPSA) is 58.4 Å². The van der Waals surface area contributed by atoms with Crippen molar-refractivity contribution in [3.05, 3.63) is 78.1 Å². The first-order chi connectivity index (χ1) is 16.0. The van der Waals surface area contributed by atoms with Gasteiger partial charge in [0.05, 0.1) is 0 Å². The van der Waals surface area contributed by atoms with E-state index in [0.717, 1.165) is 32.5 Å². The molecule has 1 aromatic heterocycles. The van der Waals surface area contributed by atoms with Gasteiger partial charge >= 0.3 is 6.03 Å². The first kappa shape index (κ1) is 21.6. The van der Waals surface area contributed by atoms with E-state index in [1.54, 1.807) is 12.3 Å². The zero-order valence-electron chi connectivity index (χ0n) is 19.2. The smallest absolute Gasteiger partial charge is 0.322 e. The summed E-state index contributed by atoms with van der Waals surface area (Å²) in [5.41, 5.74) is 4.16. The number of Topliss-reactive ketones (excluding diaryl/α,β-unsaturated/α-hetero) is 1. The minimum absolute atomic E-state index is 0.125. The number of rotatable bonds is 5. The van der Waals surface area contributed by atoms with Crippen LogP contribution in [0.25, 0.3) is 11.1 Å². The first-order valence-corrected chi connectivity index (χ1v) is 11.7. The Labute approximate surface area is 194 Å². The van der Waals surface area contributed by atoms with Crippen molar-refractivity contribution < 1.29 is 9.59 Å². The number of fused-ring (bicyclic) bond motifs is 1. The predicted octanol–water partition coefficient (Wildman–Crippen LogP) is 4.56. The summed E-state index contributed by atoms with van der Waals surface area (Å²) < 4.78 is 1.31. The molecule has 0 N–H and O–H groups in total. The SMILES string of the molecule is CC(=O)c1ccn(C(=O)N2C[C@H]3C[C@@H](N(C)Cc4cccc(-c5ccccc5)c4)C[C@H]3C2)n1. The third-order valence-electron chi connectivity index (χ3n) is 7.23. The maximum Gasteiger partial charge on any atom is 0.344 e. The summed E-state index contributed by atoms with van der Waals surface area (Å²) in [6, 6.07) is 21.3. The molecule has 0 spiro atoms. The van der Waals surface area contributed by atoms with Crippen molar-refractivity contribution in [1.82, 2.24) is 19.6 Å². The molecule has 0 bridgehead atoms. The quantitative estimate of drug-likeness (QED) is 0.544. The second kappa shape index (κ2) is 8.94. The highest BCUT2D eigenvalue weighted by Crippen LogP contribution is 2.40. The Morgan fingerprint density at radius 3 is 2.33 bits per heavy atom. The van der Waals surface area contributed by atoms with E-state index in [2.05, 4.69) is 65.6 Å². The van der Waals surface area contributed by atoms with Crippen LogP contribution in [0.4, 0.5) is 4.79 Å². The van der Waals surface area contributed by atoms with Crippen LogP contribution in [0.1, 0.15) is 35.8 Å². The van der Waals surface area contributed by atoms with Gasteiger partial charge in [-0.3, -0.25) is 9.69 Å². The van der Waals surface area contributed by atoms with E-state index < -0.39 is 0 Å². The van der Waals surface area contributed by atoms with Gasteiger partial charge in [0.2, 0.25) is 0 Å². The number of carbonyl (C=O) groups excluding carboxylic acids is 2. The standard InChI is InChI=1S/C27H30N4O2/c1-19(32)26-11-12-31(28-26)27(33)30-17-23-14-25(15-24(23)18-30)29(2)16-20-7-6-10-22(13-20)21-8-4-3-5-9-21/h3-13,23-25H,14-18H2,1-2H3/t23-,24+,25-. The molecular weight excluding hydrogens is 412 g/mol. The van der Waals surface area contributed by atoms with Crippen LogP contribution in [0.3, 0.4) is 0 Å². The van der Waals surface area contributed by atoms with Crippen LogP contribution in [0.5, 0.6) is 0 Å². The molecule has 6 heteroatoms. The molecule has 1 aliphatic heterocycles. The van der Waals surface area contributed by atoms with Crippen LogP contribution in [0, 0.1) is 11.8 Å². The summed E-state index contributed by atoms with van der Waals surface area (Å²) in [7, 11) is 2.22.